The van der Waals surface area contributed by atoms with Gasteiger partial charge in [-0.05, 0) is 61.9 Å². The summed E-state index contributed by atoms with van der Waals surface area (Å²) in [6.45, 7) is 2.96. The number of benzene rings is 1. The minimum Gasteiger partial charge on any atom is -0.481 e. The summed E-state index contributed by atoms with van der Waals surface area (Å²) < 4.78 is 54.3. The van der Waals surface area contributed by atoms with Crippen molar-refractivity contribution in [3.05, 3.63) is 81.5 Å². The number of amides is 1. The van der Waals surface area contributed by atoms with Gasteiger partial charge in [0.1, 0.15) is 5.82 Å². The molecular formula is C38H43ClF3N7O4. The van der Waals surface area contributed by atoms with Crippen molar-refractivity contribution >= 4 is 23.3 Å². The average molecular weight is 754 g/mol. The lowest BCUT2D eigenvalue weighted by molar-refractivity contribution is -0.137. The van der Waals surface area contributed by atoms with E-state index >= 15 is 0 Å². The summed E-state index contributed by atoms with van der Waals surface area (Å²) in [5.74, 6) is 0.252. The number of ether oxygens (including phenoxy) is 2. The first-order valence-electron chi connectivity index (χ1n) is 17.6. The Morgan fingerprint density at radius 2 is 1.77 bits per heavy atom. The van der Waals surface area contributed by atoms with Gasteiger partial charge >= 0.3 is 6.18 Å². The van der Waals surface area contributed by atoms with Crippen molar-refractivity contribution in [3.63, 3.8) is 0 Å². The van der Waals surface area contributed by atoms with Crippen molar-refractivity contribution in [2.45, 2.75) is 76.5 Å². The second-order valence-electron chi connectivity index (χ2n) is 13.3. The number of methoxy groups -OCH3 is 2. The number of fused-ring (bicyclic) bond motifs is 1. The van der Waals surface area contributed by atoms with Gasteiger partial charge in [0.15, 0.2) is 0 Å². The van der Waals surface area contributed by atoms with Gasteiger partial charge in [0, 0.05) is 67.1 Å². The van der Waals surface area contributed by atoms with Crippen LogP contribution in [0.3, 0.4) is 0 Å². The summed E-state index contributed by atoms with van der Waals surface area (Å²) in [6.07, 6.45) is -0.373. The highest BCUT2D eigenvalue weighted by molar-refractivity contribution is 6.35. The standard InChI is InChI=1S/C38H43ClF3N7O4/c1-21(50)17-43-19-23-16-29(38(40,41)42)35(49-37(23)53-3)47-30-9-5-6-25-26(30)7-4-8-27(25)34-33(39)28(14-15-45-34)31-12-10-22(36(48-31)52-2)18-44-20-24-11-13-32(51)46-24/h4,7-8,10,12,14-16,21,24,30,43-44,50H,5-6,9,11,13,17-20H2,1-3H3,(H,46,51)(H,47,49)/t21-,24-,30-/m1/s1. The van der Waals surface area contributed by atoms with E-state index in [1.54, 1.807) is 26.3 Å². The smallest absolute Gasteiger partial charge is 0.419 e. The zero-order valence-electron chi connectivity index (χ0n) is 29.7. The first-order chi connectivity index (χ1) is 25.5. The summed E-state index contributed by atoms with van der Waals surface area (Å²) in [6, 6.07) is 11.9. The Morgan fingerprint density at radius 3 is 2.49 bits per heavy atom. The van der Waals surface area contributed by atoms with E-state index in [2.05, 4.69) is 31.2 Å². The normalized spacial score (nSPS) is 17.6. The van der Waals surface area contributed by atoms with Crippen LogP contribution in [0.2, 0.25) is 5.02 Å². The monoisotopic (exact) mass is 753 g/mol. The van der Waals surface area contributed by atoms with Crippen molar-refractivity contribution in [3.8, 4) is 34.3 Å². The summed E-state index contributed by atoms with van der Waals surface area (Å²) in [4.78, 5) is 25.2. The SMILES string of the molecule is COc1nc(-c2ccnc(-c3cccc4c3CCC[C@H]4Nc3nc(OC)c(CNC[C@@H](C)O)cc3C(F)(F)F)c2Cl)ccc1CNC[C@H]1CCC(=O)N1. The number of alkyl halides is 3. The predicted octanol–water partition coefficient (Wildman–Crippen LogP) is 6.22. The lowest BCUT2D eigenvalue weighted by Gasteiger charge is -2.30. The second-order valence-corrected chi connectivity index (χ2v) is 13.7. The highest BCUT2D eigenvalue weighted by Crippen LogP contribution is 2.43. The minimum absolute atomic E-state index is 0.0406. The first-order valence-corrected chi connectivity index (χ1v) is 18.0. The highest BCUT2D eigenvalue weighted by atomic mass is 35.5. The molecule has 0 radical (unpaired) electrons. The maximum absolute atomic E-state index is 14.4. The Bertz CT molecular complexity index is 1940. The summed E-state index contributed by atoms with van der Waals surface area (Å²) >= 11 is 7.09. The molecule has 5 N–H and O–H groups in total. The van der Waals surface area contributed by atoms with E-state index in [9.17, 15) is 23.1 Å². The van der Waals surface area contributed by atoms with Gasteiger partial charge in [-0.2, -0.15) is 18.2 Å². The van der Waals surface area contributed by atoms with E-state index in [1.165, 1.54) is 7.11 Å². The van der Waals surface area contributed by atoms with E-state index in [0.717, 1.165) is 34.7 Å². The average Bonchev–Trinajstić information content (AvgIpc) is 3.56. The molecule has 2 aliphatic rings. The van der Waals surface area contributed by atoms with Crippen LogP contribution in [0.25, 0.3) is 22.5 Å². The van der Waals surface area contributed by atoms with Crippen LogP contribution in [0.15, 0.2) is 48.7 Å². The Morgan fingerprint density at radius 1 is 1.00 bits per heavy atom. The van der Waals surface area contributed by atoms with Gasteiger partial charge < -0.3 is 35.8 Å². The Balaban J connectivity index is 1.27. The fraction of sp³-hybridized carbons (Fsp3) is 0.421. The van der Waals surface area contributed by atoms with Crippen LogP contribution >= 0.6 is 11.6 Å². The third-order valence-electron chi connectivity index (χ3n) is 9.48. The number of hydrogen-bond donors (Lipinski definition) is 5. The van der Waals surface area contributed by atoms with Gasteiger partial charge in [0.05, 0.1) is 48.3 Å². The van der Waals surface area contributed by atoms with E-state index in [4.69, 9.17) is 26.1 Å². The summed E-state index contributed by atoms with van der Waals surface area (Å²) in [7, 11) is 2.92. The molecule has 53 heavy (non-hydrogen) atoms. The first kappa shape index (κ1) is 38.2. The maximum atomic E-state index is 14.4. The van der Waals surface area contributed by atoms with Crippen LogP contribution < -0.4 is 30.7 Å². The number of hydrogen-bond acceptors (Lipinski definition) is 10. The fourth-order valence-corrected chi connectivity index (χ4v) is 7.25. The number of pyridine rings is 3. The minimum atomic E-state index is -4.68. The third-order valence-corrected chi connectivity index (χ3v) is 9.86. The summed E-state index contributed by atoms with van der Waals surface area (Å²) in [5.41, 5.74) is 4.52. The number of halogens is 4. The van der Waals surface area contributed by atoms with Crippen LogP contribution in [0, 0.1) is 0 Å². The molecule has 4 aromatic rings. The number of aromatic nitrogens is 3. The molecule has 15 heteroatoms. The molecule has 6 rings (SSSR count). The van der Waals surface area contributed by atoms with E-state index in [0.29, 0.717) is 66.6 Å². The van der Waals surface area contributed by atoms with Gasteiger partial charge in [-0.1, -0.05) is 35.9 Å². The fourth-order valence-electron chi connectivity index (χ4n) is 6.94. The Hall–Kier alpha value is -4.50. The quantitative estimate of drug-likeness (QED) is 0.101. The van der Waals surface area contributed by atoms with Gasteiger partial charge in [-0.3, -0.25) is 9.78 Å². The molecule has 0 spiro atoms. The number of aliphatic hydroxyl groups is 1. The molecule has 3 aromatic heterocycles. The number of nitrogens with zero attached hydrogens (tertiary/aromatic N) is 3. The van der Waals surface area contributed by atoms with Crippen molar-refractivity contribution in [1.29, 1.82) is 0 Å². The number of anilines is 1. The van der Waals surface area contributed by atoms with Crippen molar-refractivity contribution < 1.29 is 32.5 Å². The molecule has 4 heterocycles. The molecule has 1 aliphatic heterocycles. The van der Waals surface area contributed by atoms with Crippen LogP contribution in [-0.2, 0) is 30.5 Å². The molecule has 1 fully saturated rings. The molecule has 1 saturated heterocycles. The zero-order valence-corrected chi connectivity index (χ0v) is 30.5. The third kappa shape index (κ3) is 8.84. The van der Waals surface area contributed by atoms with Crippen LogP contribution in [0.1, 0.15) is 66.5 Å². The number of nitrogens with one attached hydrogen (secondary N) is 4. The molecule has 0 bridgehead atoms. The number of aliphatic hydroxyl groups excluding tert-OH is 1. The molecule has 282 valence electrons. The van der Waals surface area contributed by atoms with E-state index in [-0.39, 0.29) is 42.3 Å². The zero-order chi connectivity index (χ0) is 37.7. The molecule has 1 amide bonds. The number of carbonyl (C=O) groups is 1. The van der Waals surface area contributed by atoms with Crippen molar-refractivity contribution in [1.82, 2.24) is 30.9 Å². The summed E-state index contributed by atoms with van der Waals surface area (Å²) in [5, 5.41) is 22.3. The number of rotatable bonds is 14. The second kappa shape index (κ2) is 16.7. The highest BCUT2D eigenvalue weighted by Gasteiger charge is 2.37. The van der Waals surface area contributed by atoms with Crippen LogP contribution in [0.4, 0.5) is 19.0 Å². The lowest BCUT2D eigenvalue weighted by Crippen LogP contribution is -2.35. The van der Waals surface area contributed by atoms with E-state index in [1.807, 2.05) is 30.3 Å². The predicted molar refractivity (Wildman–Crippen MR) is 196 cm³/mol. The Kier molecular flexibility index (Phi) is 12.0. The maximum Gasteiger partial charge on any atom is 0.419 e. The van der Waals surface area contributed by atoms with E-state index < -0.39 is 23.9 Å². The van der Waals surface area contributed by atoms with Crippen molar-refractivity contribution in [2.75, 3.05) is 32.6 Å². The van der Waals surface area contributed by atoms with Gasteiger partial charge in [0.25, 0.3) is 0 Å². The molecule has 0 unspecified atom stereocenters. The van der Waals surface area contributed by atoms with Gasteiger partial charge in [0.2, 0.25) is 17.7 Å². The van der Waals surface area contributed by atoms with Crippen LogP contribution in [-0.4, -0.2) is 65.4 Å². The lowest BCUT2D eigenvalue weighted by atomic mass is 9.83. The Labute approximate surface area is 311 Å². The van der Waals surface area contributed by atoms with Gasteiger partial charge in [-0.15, -0.1) is 0 Å². The molecule has 1 aliphatic carbocycles. The molecule has 11 nitrogen and oxygen atoms in total. The van der Waals surface area contributed by atoms with Crippen LogP contribution in [0.5, 0.6) is 11.8 Å². The molecule has 0 saturated carbocycles. The molecular weight excluding hydrogens is 711 g/mol. The largest absolute Gasteiger partial charge is 0.481 e. The molecule has 1 aromatic carbocycles. The molecule has 3 atom stereocenters. The topological polar surface area (TPSA) is 143 Å². The van der Waals surface area contributed by atoms with Crippen molar-refractivity contribution in [2.24, 2.45) is 0 Å². The van der Waals surface area contributed by atoms with Gasteiger partial charge in [-0.25, -0.2) is 4.98 Å². The number of carbonyl (C=O) groups excluding carboxylic acids is 1.